The van der Waals surface area contributed by atoms with Gasteiger partial charge in [-0.1, -0.05) is 49.2 Å². The number of benzene rings is 2. The molecular weight excluding hydrogens is 371 g/mol. The molecule has 0 atom stereocenters. The number of esters is 1. The van der Waals surface area contributed by atoms with E-state index in [9.17, 15) is 9.90 Å². The van der Waals surface area contributed by atoms with E-state index in [1.54, 1.807) is 31.2 Å². The lowest BCUT2D eigenvalue weighted by molar-refractivity contribution is -0.135. The first kappa shape index (κ1) is 20.3. The maximum atomic E-state index is 11.5. The van der Waals surface area contributed by atoms with Crippen LogP contribution in [0.5, 0.6) is 5.75 Å². The SMILES string of the molecule is COC(=O)/C(C)=C/c1cc(Cl)c(Cc2ccc(O)c(C(C)C)c2)c(Cl)c1. The third-order valence-corrected chi connectivity index (χ3v) is 4.82. The molecule has 0 fully saturated rings. The van der Waals surface area contributed by atoms with E-state index >= 15 is 0 Å². The van der Waals surface area contributed by atoms with E-state index in [1.165, 1.54) is 7.11 Å². The molecule has 0 bridgehead atoms. The van der Waals surface area contributed by atoms with Crippen molar-refractivity contribution in [1.29, 1.82) is 0 Å². The van der Waals surface area contributed by atoms with Crippen LogP contribution in [0.3, 0.4) is 0 Å². The monoisotopic (exact) mass is 392 g/mol. The van der Waals surface area contributed by atoms with E-state index in [-0.39, 0.29) is 5.92 Å². The number of carbonyl (C=O) groups is 1. The van der Waals surface area contributed by atoms with Gasteiger partial charge in [0, 0.05) is 22.0 Å². The first-order valence-corrected chi connectivity index (χ1v) is 9.04. The van der Waals surface area contributed by atoms with Crippen LogP contribution in [0.2, 0.25) is 10.0 Å². The minimum atomic E-state index is -0.397. The molecule has 0 aromatic heterocycles. The first-order valence-electron chi connectivity index (χ1n) is 8.29. The highest BCUT2D eigenvalue weighted by Gasteiger charge is 2.12. The molecule has 2 aromatic carbocycles. The van der Waals surface area contributed by atoms with Gasteiger partial charge >= 0.3 is 5.97 Å². The van der Waals surface area contributed by atoms with E-state index in [0.29, 0.717) is 27.8 Å². The lowest BCUT2D eigenvalue weighted by atomic mass is 9.96. The average molecular weight is 393 g/mol. The van der Waals surface area contributed by atoms with Crippen LogP contribution < -0.4 is 0 Å². The van der Waals surface area contributed by atoms with Crippen LogP contribution in [0.15, 0.2) is 35.9 Å². The first-order chi connectivity index (χ1) is 12.2. The lowest BCUT2D eigenvalue weighted by Crippen LogP contribution is -2.01. The molecule has 5 heteroatoms. The third-order valence-electron chi connectivity index (χ3n) is 4.15. The Morgan fingerprint density at radius 3 is 2.35 bits per heavy atom. The molecule has 0 heterocycles. The van der Waals surface area contributed by atoms with Crippen LogP contribution >= 0.6 is 23.2 Å². The number of carbonyl (C=O) groups excluding carboxylic acids is 1. The van der Waals surface area contributed by atoms with Crippen LogP contribution in [0.1, 0.15) is 48.9 Å². The summed E-state index contributed by atoms with van der Waals surface area (Å²) in [5.41, 5.74) is 3.92. The zero-order valence-corrected chi connectivity index (χ0v) is 16.8. The fourth-order valence-corrected chi connectivity index (χ4v) is 3.36. The Bertz CT molecular complexity index is 831. The Kier molecular flexibility index (Phi) is 6.74. The van der Waals surface area contributed by atoms with Crippen molar-refractivity contribution in [3.8, 4) is 5.75 Å². The standard InChI is InChI=1S/C21H22Cl2O3/c1-12(2)16-8-14(5-6-20(16)24)9-17-18(22)10-15(11-19(17)23)7-13(3)21(25)26-4/h5-8,10-12,24H,9H2,1-4H3/b13-7+. The minimum absolute atomic E-state index is 0.217. The van der Waals surface area contributed by atoms with Gasteiger partial charge in [-0.3, -0.25) is 0 Å². The molecule has 0 unspecified atom stereocenters. The Hall–Kier alpha value is -1.97. The number of ether oxygens (including phenoxy) is 1. The molecule has 0 saturated carbocycles. The minimum Gasteiger partial charge on any atom is -0.508 e. The zero-order valence-electron chi connectivity index (χ0n) is 15.3. The Morgan fingerprint density at radius 1 is 1.19 bits per heavy atom. The summed E-state index contributed by atoms with van der Waals surface area (Å²) in [6, 6.07) is 9.09. The van der Waals surface area contributed by atoms with Crippen molar-refractivity contribution in [2.75, 3.05) is 7.11 Å². The summed E-state index contributed by atoms with van der Waals surface area (Å²) in [6.07, 6.45) is 2.24. The van der Waals surface area contributed by atoms with Crippen LogP contribution in [0.25, 0.3) is 6.08 Å². The maximum Gasteiger partial charge on any atom is 0.333 e. The summed E-state index contributed by atoms with van der Waals surface area (Å²) >= 11 is 12.9. The van der Waals surface area contributed by atoms with Gasteiger partial charge in [0.2, 0.25) is 0 Å². The fourth-order valence-electron chi connectivity index (χ4n) is 2.73. The smallest absolute Gasteiger partial charge is 0.333 e. The molecule has 2 rings (SSSR count). The van der Waals surface area contributed by atoms with Crippen molar-refractivity contribution in [2.24, 2.45) is 0 Å². The molecule has 0 spiro atoms. The number of hydrogen-bond donors (Lipinski definition) is 1. The van der Waals surface area contributed by atoms with Gasteiger partial charge in [0.15, 0.2) is 0 Å². The Balaban J connectivity index is 2.35. The summed E-state index contributed by atoms with van der Waals surface area (Å²) in [4.78, 5) is 11.5. The van der Waals surface area contributed by atoms with Crippen molar-refractivity contribution in [3.63, 3.8) is 0 Å². The maximum absolute atomic E-state index is 11.5. The second-order valence-corrected chi connectivity index (χ2v) is 7.32. The van der Waals surface area contributed by atoms with Gasteiger partial charge in [-0.05, 0) is 59.4 Å². The second-order valence-electron chi connectivity index (χ2n) is 6.51. The molecule has 0 aliphatic carbocycles. The van der Waals surface area contributed by atoms with Crippen molar-refractivity contribution in [1.82, 2.24) is 0 Å². The van der Waals surface area contributed by atoms with E-state index in [1.807, 2.05) is 26.0 Å². The zero-order chi connectivity index (χ0) is 19.4. The molecule has 0 aliphatic heterocycles. The van der Waals surface area contributed by atoms with Crippen LogP contribution in [-0.4, -0.2) is 18.2 Å². The second kappa shape index (κ2) is 8.61. The normalized spacial score (nSPS) is 11.7. The highest BCUT2D eigenvalue weighted by atomic mass is 35.5. The Morgan fingerprint density at radius 2 is 1.81 bits per heavy atom. The molecule has 0 aliphatic rings. The van der Waals surface area contributed by atoms with Crippen molar-refractivity contribution >= 4 is 35.2 Å². The highest BCUT2D eigenvalue weighted by Crippen LogP contribution is 2.32. The molecule has 2 aromatic rings. The average Bonchev–Trinajstić information content (AvgIpc) is 2.58. The van der Waals surface area contributed by atoms with Gasteiger partial charge in [-0.25, -0.2) is 4.79 Å². The van der Waals surface area contributed by atoms with E-state index < -0.39 is 5.97 Å². The number of phenolic OH excluding ortho intramolecular Hbond substituents is 1. The topological polar surface area (TPSA) is 46.5 Å². The van der Waals surface area contributed by atoms with Gasteiger partial charge in [0.1, 0.15) is 5.75 Å². The molecule has 138 valence electrons. The van der Waals surface area contributed by atoms with E-state index in [4.69, 9.17) is 27.9 Å². The quantitative estimate of drug-likeness (QED) is 0.501. The molecular formula is C21H22Cl2O3. The largest absolute Gasteiger partial charge is 0.508 e. The van der Waals surface area contributed by atoms with Gasteiger partial charge in [0.05, 0.1) is 7.11 Å². The summed E-state index contributed by atoms with van der Waals surface area (Å²) in [5, 5.41) is 11.0. The van der Waals surface area contributed by atoms with Gasteiger partial charge in [-0.2, -0.15) is 0 Å². The van der Waals surface area contributed by atoms with E-state index in [2.05, 4.69) is 0 Å². The summed E-state index contributed by atoms with van der Waals surface area (Å²) in [5.74, 6) is 0.112. The predicted octanol–water partition coefficient (Wildman–Crippen LogP) is 5.99. The number of halogens is 2. The van der Waals surface area contributed by atoms with E-state index in [0.717, 1.165) is 22.3 Å². The predicted molar refractivity (Wildman–Crippen MR) is 107 cm³/mol. The van der Waals surface area contributed by atoms with Gasteiger partial charge in [0.25, 0.3) is 0 Å². The highest BCUT2D eigenvalue weighted by molar-refractivity contribution is 6.36. The van der Waals surface area contributed by atoms with Crippen LogP contribution in [0, 0.1) is 0 Å². The summed E-state index contributed by atoms with van der Waals surface area (Å²) < 4.78 is 4.69. The number of phenols is 1. The Labute approximate surface area is 164 Å². The molecule has 1 N–H and O–H groups in total. The molecule has 3 nitrogen and oxygen atoms in total. The summed E-state index contributed by atoms with van der Waals surface area (Å²) in [7, 11) is 1.34. The number of methoxy groups -OCH3 is 1. The van der Waals surface area contributed by atoms with Crippen LogP contribution in [0.4, 0.5) is 0 Å². The molecule has 0 amide bonds. The number of rotatable bonds is 5. The lowest BCUT2D eigenvalue weighted by Gasteiger charge is -2.13. The van der Waals surface area contributed by atoms with Crippen molar-refractivity contribution in [2.45, 2.75) is 33.1 Å². The number of aromatic hydroxyl groups is 1. The summed E-state index contributed by atoms with van der Waals surface area (Å²) in [6.45, 7) is 5.73. The van der Waals surface area contributed by atoms with Gasteiger partial charge in [-0.15, -0.1) is 0 Å². The van der Waals surface area contributed by atoms with Crippen molar-refractivity contribution < 1.29 is 14.6 Å². The fraction of sp³-hybridized carbons (Fsp3) is 0.286. The molecule has 0 saturated heterocycles. The number of hydrogen-bond acceptors (Lipinski definition) is 3. The van der Waals surface area contributed by atoms with Crippen LogP contribution in [-0.2, 0) is 16.0 Å². The molecule has 0 radical (unpaired) electrons. The van der Waals surface area contributed by atoms with Crippen molar-refractivity contribution in [3.05, 3.63) is 68.2 Å². The van der Waals surface area contributed by atoms with Gasteiger partial charge < -0.3 is 9.84 Å². The third kappa shape index (κ3) is 4.80. The molecule has 26 heavy (non-hydrogen) atoms.